The first-order chi connectivity index (χ1) is 16.2. The smallest absolute Gasteiger partial charge is 0.416 e. The van der Waals surface area contributed by atoms with Crippen LogP contribution in [0, 0.1) is 0 Å². The van der Waals surface area contributed by atoms with Gasteiger partial charge in [-0.25, -0.2) is 8.42 Å². The predicted octanol–water partition coefficient (Wildman–Crippen LogP) is 5.80. The zero-order valence-corrected chi connectivity index (χ0v) is 20.9. The second-order valence-corrected chi connectivity index (χ2v) is 11.0. The van der Waals surface area contributed by atoms with E-state index >= 15 is 0 Å². The number of fused-ring (bicyclic) bond motifs is 1. The van der Waals surface area contributed by atoms with Crippen molar-refractivity contribution in [2.75, 3.05) is 15.9 Å². The number of sulfonamides is 1. The van der Waals surface area contributed by atoms with Crippen molar-refractivity contribution in [1.82, 2.24) is 0 Å². The molecule has 1 atom stereocenters. The lowest BCUT2D eigenvalue weighted by atomic mass is 9.90. The highest BCUT2D eigenvalue weighted by atomic mass is 79.9. The molecule has 35 heavy (non-hydrogen) atoms. The van der Waals surface area contributed by atoms with Crippen LogP contribution in [0.4, 0.5) is 24.5 Å². The number of nitrogens with zero attached hydrogens (tertiary/aromatic N) is 1. The third-order valence-corrected chi connectivity index (χ3v) is 6.92. The Morgan fingerprint density at radius 3 is 2.37 bits per heavy atom. The van der Waals surface area contributed by atoms with E-state index in [1.807, 2.05) is 6.92 Å². The maximum atomic E-state index is 13.4. The van der Waals surface area contributed by atoms with Crippen molar-refractivity contribution in [3.63, 3.8) is 0 Å². The van der Waals surface area contributed by atoms with Crippen LogP contribution in [0.1, 0.15) is 28.4 Å². The topological polar surface area (TPSA) is 86.7 Å². The number of anilines is 2. The monoisotopic (exact) mass is 568 g/mol. The Hall–Kier alpha value is -3.05. The fourth-order valence-corrected chi connectivity index (χ4v) is 5.30. The van der Waals surface area contributed by atoms with Gasteiger partial charge in [0.2, 0.25) is 10.0 Å². The minimum atomic E-state index is -4.45. The molecule has 11 heteroatoms. The van der Waals surface area contributed by atoms with Crippen molar-refractivity contribution in [2.45, 2.75) is 25.6 Å². The van der Waals surface area contributed by atoms with Gasteiger partial charge in [0, 0.05) is 21.8 Å². The van der Waals surface area contributed by atoms with Crippen LogP contribution >= 0.6 is 15.9 Å². The first-order valence-electron chi connectivity index (χ1n) is 10.4. The molecular formula is C24H20BrF3N2O4S. The second-order valence-electron chi connectivity index (χ2n) is 8.37. The summed E-state index contributed by atoms with van der Waals surface area (Å²) in [6, 6.07) is 12.4. The minimum absolute atomic E-state index is 0.0432. The lowest BCUT2D eigenvalue weighted by molar-refractivity contribution is -0.137. The van der Waals surface area contributed by atoms with Gasteiger partial charge in [-0.15, -0.1) is 0 Å². The number of carbonyl (C=O) groups excluding carboxylic acids is 1. The van der Waals surface area contributed by atoms with E-state index in [0.29, 0.717) is 33.3 Å². The summed E-state index contributed by atoms with van der Waals surface area (Å²) in [6.07, 6.45) is -3.04. The fraction of sp³-hybridized carbons (Fsp3) is 0.208. The Morgan fingerprint density at radius 1 is 1.06 bits per heavy atom. The quantitative estimate of drug-likeness (QED) is 0.389. The maximum absolute atomic E-state index is 13.4. The molecule has 184 valence electrons. The number of phenolic OH excluding ortho intramolecular Hbond substituents is 1. The summed E-state index contributed by atoms with van der Waals surface area (Å²) in [5.74, 6) is -0.587. The molecule has 0 aromatic heterocycles. The molecule has 0 saturated carbocycles. The van der Waals surface area contributed by atoms with E-state index in [0.717, 1.165) is 24.0 Å². The highest BCUT2D eigenvalue weighted by molar-refractivity contribution is 9.10. The molecule has 2 N–H and O–H groups in total. The van der Waals surface area contributed by atoms with Gasteiger partial charge in [0.25, 0.3) is 5.91 Å². The van der Waals surface area contributed by atoms with Gasteiger partial charge >= 0.3 is 6.18 Å². The standard InChI is InChI=1S/C24H20BrF3N2O4S/c1-13-9-15-10-14(18-7-4-16(11-20(18)25)24(26,27)28)3-6-19(15)23(32)30(13)17-5-8-22(31)21(12-17)29-35(2,33)34/h3-8,10-13,29,31H,9H2,1-2H3. The summed E-state index contributed by atoms with van der Waals surface area (Å²) in [5.41, 5.74) is 2.02. The molecule has 6 nitrogen and oxygen atoms in total. The van der Waals surface area contributed by atoms with Gasteiger partial charge in [0.15, 0.2) is 0 Å². The molecule has 0 bridgehead atoms. The van der Waals surface area contributed by atoms with Crippen molar-refractivity contribution in [3.8, 4) is 16.9 Å². The van der Waals surface area contributed by atoms with Crippen LogP contribution in [-0.4, -0.2) is 31.7 Å². The third kappa shape index (κ3) is 5.15. The zero-order valence-electron chi connectivity index (χ0n) is 18.5. The number of alkyl halides is 3. The fourth-order valence-electron chi connectivity index (χ4n) is 4.13. The van der Waals surface area contributed by atoms with Crippen LogP contribution in [0.25, 0.3) is 11.1 Å². The van der Waals surface area contributed by atoms with Gasteiger partial charge in [-0.1, -0.05) is 34.1 Å². The Balaban J connectivity index is 1.69. The molecule has 3 aromatic rings. The third-order valence-electron chi connectivity index (χ3n) is 5.67. The number of hydrogen-bond donors (Lipinski definition) is 2. The number of aromatic hydroxyl groups is 1. The predicted molar refractivity (Wildman–Crippen MR) is 131 cm³/mol. The van der Waals surface area contributed by atoms with Crippen molar-refractivity contribution in [3.05, 3.63) is 75.8 Å². The Morgan fingerprint density at radius 2 is 1.74 bits per heavy atom. The minimum Gasteiger partial charge on any atom is -0.506 e. The number of rotatable bonds is 4. The lowest BCUT2D eigenvalue weighted by Crippen LogP contribution is -2.44. The average molecular weight is 569 g/mol. The molecule has 0 aliphatic carbocycles. The van der Waals surface area contributed by atoms with Gasteiger partial charge in [-0.3, -0.25) is 9.52 Å². The van der Waals surface area contributed by atoms with Gasteiger partial charge in [-0.2, -0.15) is 13.2 Å². The highest BCUT2D eigenvalue weighted by Crippen LogP contribution is 2.38. The van der Waals surface area contributed by atoms with E-state index < -0.39 is 21.8 Å². The first kappa shape index (κ1) is 25.1. The number of carbonyl (C=O) groups is 1. The maximum Gasteiger partial charge on any atom is 0.416 e. The first-order valence-corrected chi connectivity index (χ1v) is 13.1. The Kier molecular flexibility index (Phi) is 6.35. The summed E-state index contributed by atoms with van der Waals surface area (Å²) < 4.78 is 64.8. The molecule has 3 aromatic carbocycles. The molecule has 1 heterocycles. The van der Waals surface area contributed by atoms with Crippen LogP contribution in [-0.2, 0) is 22.6 Å². The van der Waals surface area contributed by atoms with Gasteiger partial charge in [-0.05, 0) is 66.4 Å². The molecule has 0 saturated heterocycles. The van der Waals surface area contributed by atoms with Crippen molar-refractivity contribution in [1.29, 1.82) is 0 Å². The zero-order chi connectivity index (χ0) is 25.7. The molecule has 0 radical (unpaired) electrons. The molecule has 1 unspecified atom stereocenters. The number of nitrogens with one attached hydrogen (secondary N) is 1. The van der Waals surface area contributed by atoms with Crippen molar-refractivity contribution >= 4 is 43.2 Å². The van der Waals surface area contributed by atoms with Gasteiger partial charge < -0.3 is 10.0 Å². The van der Waals surface area contributed by atoms with Crippen LogP contribution in [0.15, 0.2) is 59.1 Å². The SMILES string of the molecule is CC1Cc2cc(-c3ccc(C(F)(F)F)cc3Br)ccc2C(=O)N1c1ccc(O)c(NS(C)(=O)=O)c1. The molecule has 1 amide bonds. The van der Waals surface area contributed by atoms with E-state index in [4.69, 9.17) is 0 Å². The van der Waals surface area contributed by atoms with Crippen molar-refractivity contribution < 1.29 is 31.5 Å². The highest BCUT2D eigenvalue weighted by Gasteiger charge is 2.33. The van der Waals surface area contributed by atoms with E-state index in [1.165, 1.54) is 29.2 Å². The summed E-state index contributed by atoms with van der Waals surface area (Å²) >= 11 is 3.23. The van der Waals surface area contributed by atoms with Crippen LogP contribution in [0.5, 0.6) is 5.75 Å². The number of halogens is 4. The Bertz CT molecular complexity index is 1440. The Labute approximate surface area is 208 Å². The van der Waals surface area contributed by atoms with Gasteiger partial charge in [0.1, 0.15) is 5.75 Å². The number of phenols is 1. The average Bonchev–Trinajstić information content (AvgIpc) is 2.74. The number of amides is 1. The van der Waals surface area contributed by atoms with Crippen LogP contribution < -0.4 is 9.62 Å². The van der Waals surface area contributed by atoms with E-state index in [-0.39, 0.29) is 23.4 Å². The second kappa shape index (κ2) is 8.87. The normalized spacial score (nSPS) is 16.2. The number of hydrogen-bond acceptors (Lipinski definition) is 4. The van der Waals surface area contributed by atoms with Gasteiger partial charge in [0.05, 0.1) is 17.5 Å². The summed E-state index contributed by atoms with van der Waals surface area (Å²) in [5, 5.41) is 10.0. The summed E-state index contributed by atoms with van der Waals surface area (Å²) in [4.78, 5) is 14.9. The van der Waals surface area contributed by atoms with Crippen LogP contribution in [0.3, 0.4) is 0 Å². The van der Waals surface area contributed by atoms with Crippen LogP contribution in [0.2, 0.25) is 0 Å². The van der Waals surface area contributed by atoms with E-state index in [2.05, 4.69) is 20.7 Å². The summed E-state index contributed by atoms with van der Waals surface area (Å²) in [6.45, 7) is 1.83. The lowest BCUT2D eigenvalue weighted by Gasteiger charge is -2.35. The molecular weight excluding hydrogens is 549 g/mol. The molecule has 0 spiro atoms. The van der Waals surface area contributed by atoms with Crippen molar-refractivity contribution in [2.24, 2.45) is 0 Å². The molecule has 1 aliphatic heterocycles. The summed E-state index contributed by atoms with van der Waals surface area (Å²) in [7, 11) is -3.65. The molecule has 4 rings (SSSR count). The van der Waals surface area contributed by atoms with E-state index in [9.17, 15) is 31.5 Å². The molecule has 1 aliphatic rings. The number of benzene rings is 3. The largest absolute Gasteiger partial charge is 0.506 e. The molecule has 0 fully saturated rings. The van der Waals surface area contributed by atoms with E-state index in [1.54, 1.807) is 18.2 Å².